The summed E-state index contributed by atoms with van der Waals surface area (Å²) in [6.07, 6.45) is 2.33. The summed E-state index contributed by atoms with van der Waals surface area (Å²) in [7, 11) is 1.76. The first-order valence-electron chi connectivity index (χ1n) is 6.73. The highest BCUT2D eigenvalue weighted by Crippen LogP contribution is 2.13. The Bertz CT molecular complexity index is 404. The standard InChI is InChI=1S/C15H22N2O2/c1-3-12-16-14(18)10-7-11-15(19)17(2)13-8-5-4-6-9-13/h4-6,8-9H,3,7,10-12H2,1-2H3,(H,16,18). The summed E-state index contributed by atoms with van der Waals surface area (Å²) >= 11 is 0. The summed E-state index contributed by atoms with van der Waals surface area (Å²) in [6, 6.07) is 9.51. The van der Waals surface area contributed by atoms with Gasteiger partial charge in [0.1, 0.15) is 0 Å². The fourth-order valence-electron chi connectivity index (χ4n) is 1.72. The first-order valence-corrected chi connectivity index (χ1v) is 6.73. The first-order chi connectivity index (χ1) is 9.15. The molecule has 0 radical (unpaired) electrons. The number of carbonyl (C=O) groups excluding carboxylic acids is 2. The largest absolute Gasteiger partial charge is 0.356 e. The molecule has 0 spiro atoms. The lowest BCUT2D eigenvalue weighted by Gasteiger charge is -2.17. The molecule has 0 aromatic heterocycles. The summed E-state index contributed by atoms with van der Waals surface area (Å²) < 4.78 is 0. The number of nitrogens with one attached hydrogen (secondary N) is 1. The van der Waals surface area contributed by atoms with Gasteiger partial charge in [0.05, 0.1) is 0 Å². The third kappa shape index (κ3) is 5.55. The summed E-state index contributed by atoms with van der Waals surface area (Å²) in [6.45, 7) is 2.72. The van der Waals surface area contributed by atoms with Gasteiger partial charge >= 0.3 is 0 Å². The number of hydrogen-bond acceptors (Lipinski definition) is 2. The van der Waals surface area contributed by atoms with Crippen LogP contribution in [-0.4, -0.2) is 25.4 Å². The van der Waals surface area contributed by atoms with Crippen molar-refractivity contribution in [3.8, 4) is 0 Å². The van der Waals surface area contributed by atoms with E-state index >= 15 is 0 Å². The molecular formula is C15H22N2O2. The predicted octanol–water partition coefficient (Wildman–Crippen LogP) is 2.35. The summed E-state index contributed by atoms with van der Waals surface area (Å²) in [5, 5.41) is 2.80. The third-order valence-corrected chi connectivity index (χ3v) is 2.88. The number of amides is 2. The predicted molar refractivity (Wildman–Crippen MR) is 77.0 cm³/mol. The molecule has 19 heavy (non-hydrogen) atoms. The van der Waals surface area contributed by atoms with E-state index in [1.54, 1.807) is 11.9 Å². The van der Waals surface area contributed by atoms with Crippen LogP contribution in [0.25, 0.3) is 0 Å². The average Bonchev–Trinajstić information content (AvgIpc) is 2.45. The number of para-hydroxylation sites is 1. The molecule has 0 aliphatic carbocycles. The number of carbonyl (C=O) groups is 2. The second-order valence-corrected chi connectivity index (χ2v) is 4.49. The Morgan fingerprint density at radius 2 is 1.84 bits per heavy atom. The van der Waals surface area contributed by atoms with E-state index in [0.717, 1.165) is 12.1 Å². The maximum atomic E-state index is 11.9. The van der Waals surface area contributed by atoms with Crippen molar-refractivity contribution in [2.24, 2.45) is 0 Å². The van der Waals surface area contributed by atoms with Crippen LogP contribution in [0.4, 0.5) is 5.69 Å². The molecule has 4 nitrogen and oxygen atoms in total. The molecule has 0 fully saturated rings. The zero-order valence-electron chi connectivity index (χ0n) is 11.7. The molecule has 4 heteroatoms. The molecule has 0 atom stereocenters. The molecule has 1 N–H and O–H groups in total. The van der Waals surface area contributed by atoms with Crippen molar-refractivity contribution >= 4 is 17.5 Å². The van der Waals surface area contributed by atoms with Crippen molar-refractivity contribution in [1.29, 1.82) is 0 Å². The van der Waals surface area contributed by atoms with E-state index in [-0.39, 0.29) is 11.8 Å². The Kier molecular flexibility index (Phi) is 6.64. The van der Waals surface area contributed by atoms with Gasteiger partial charge in [0.15, 0.2) is 0 Å². The van der Waals surface area contributed by atoms with Crippen LogP contribution in [0.2, 0.25) is 0 Å². The van der Waals surface area contributed by atoms with Crippen LogP contribution in [0.15, 0.2) is 30.3 Å². The topological polar surface area (TPSA) is 49.4 Å². The third-order valence-electron chi connectivity index (χ3n) is 2.88. The number of hydrogen-bond donors (Lipinski definition) is 1. The molecule has 0 saturated heterocycles. The lowest BCUT2D eigenvalue weighted by atomic mass is 10.2. The molecule has 0 bridgehead atoms. The first kappa shape index (κ1) is 15.2. The van der Waals surface area contributed by atoms with Gasteiger partial charge < -0.3 is 10.2 Å². The minimum Gasteiger partial charge on any atom is -0.356 e. The van der Waals surface area contributed by atoms with Crippen molar-refractivity contribution in [2.45, 2.75) is 32.6 Å². The lowest BCUT2D eigenvalue weighted by molar-refractivity contribution is -0.121. The van der Waals surface area contributed by atoms with E-state index in [4.69, 9.17) is 0 Å². The van der Waals surface area contributed by atoms with Gasteiger partial charge in [-0.2, -0.15) is 0 Å². The quantitative estimate of drug-likeness (QED) is 0.820. The van der Waals surface area contributed by atoms with Gasteiger partial charge in [-0.3, -0.25) is 9.59 Å². The smallest absolute Gasteiger partial charge is 0.226 e. The molecular weight excluding hydrogens is 240 g/mol. The highest BCUT2D eigenvalue weighted by molar-refractivity contribution is 5.92. The van der Waals surface area contributed by atoms with Crippen molar-refractivity contribution < 1.29 is 9.59 Å². The lowest BCUT2D eigenvalue weighted by Crippen LogP contribution is -2.27. The fraction of sp³-hybridized carbons (Fsp3) is 0.467. The molecule has 0 aliphatic heterocycles. The highest BCUT2D eigenvalue weighted by atomic mass is 16.2. The van der Waals surface area contributed by atoms with Crippen LogP contribution in [0.3, 0.4) is 0 Å². The molecule has 0 aliphatic rings. The maximum absolute atomic E-state index is 11.9. The van der Waals surface area contributed by atoms with E-state index < -0.39 is 0 Å². The molecule has 2 amide bonds. The van der Waals surface area contributed by atoms with E-state index in [9.17, 15) is 9.59 Å². The minimum atomic E-state index is 0.0250. The SMILES string of the molecule is CCCNC(=O)CCCC(=O)N(C)c1ccccc1. The zero-order valence-corrected chi connectivity index (χ0v) is 11.7. The Morgan fingerprint density at radius 3 is 2.47 bits per heavy atom. The number of benzene rings is 1. The second-order valence-electron chi connectivity index (χ2n) is 4.49. The summed E-state index contributed by atoms with van der Waals surface area (Å²) in [5.74, 6) is 0.0616. The van der Waals surface area contributed by atoms with E-state index in [1.807, 2.05) is 37.3 Å². The van der Waals surface area contributed by atoms with Gasteiger partial charge in [0.25, 0.3) is 0 Å². The van der Waals surface area contributed by atoms with Crippen molar-refractivity contribution in [3.63, 3.8) is 0 Å². The van der Waals surface area contributed by atoms with Crippen LogP contribution in [-0.2, 0) is 9.59 Å². The fourth-order valence-corrected chi connectivity index (χ4v) is 1.72. The number of rotatable bonds is 7. The van der Waals surface area contributed by atoms with Crippen LogP contribution in [0.1, 0.15) is 32.6 Å². The molecule has 0 unspecified atom stereocenters. The van der Waals surface area contributed by atoms with Crippen LogP contribution in [0, 0.1) is 0 Å². The zero-order chi connectivity index (χ0) is 14.1. The number of nitrogens with zero attached hydrogens (tertiary/aromatic N) is 1. The number of anilines is 1. The molecule has 1 rings (SSSR count). The maximum Gasteiger partial charge on any atom is 0.226 e. The second kappa shape index (κ2) is 8.29. The molecule has 0 saturated carbocycles. The van der Waals surface area contributed by atoms with Gasteiger partial charge in [0.2, 0.25) is 11.8 Å². The Hall–Kier alpha value is -1.84. The van der Waals surface area contributed by atoms with E-state index in [1.165, 1.54) is 0 Å². The van der Waals surface area contributed by atoms with Crippen molar-refractivity contribution in [3.05, 3.63) is 30.3 Å². The van der Waals surface area contributed by atoms with Gasteiger partial charge in [-0.1, -0.05) is 25.1 Å². The Balaban J connectivity index is 2.30. The minimum absolute atomic E-state index is 0.0250. The normalized spacial score (nSPS) is 10.0. The van der Waals surface area contributed by atoms with Crippen LogP contribution >= 0.6 is 0 Å². The molecule has 104 valence electrons. The molecule has 1 aromatic carbocycles. The van der Waals surface area contributed by atoms with Gasteiger partial charge in [-0.15, -0.1) is 0 Å². The van der Waals surface area contributed by atoms with Gasteiger partial charge in [-0.05, 0) is 25.0 Å². The monoisotopic (exact) mass is 262 g/mol. The Morgan fingerprint density at radius 1 is 1.16 bits per heavy atom. The highest BCUT2D eigenvalue weighted by Gasteiger charge is 2.11. The van der Waals surface area contributed by atoms with Gasteiger partial charge in [0, 0.05) is 32.1 Å². The van der Waals surface area contributed by atoms with Crippen LogP contribution in [0.5, 0.6) is 0 Å². The van der Waals surface area contributed by atoms with E-state index in [2.05, 4.69) is 5.32 Å². The Labute approximate surface area is 114 Å². The van der Waals surface area contributed by atoms with Crippen molar-refractivity contribution in [2.75, 3.05) is 18.5 Å². The average molecular weight is 262 g/mol. The van der Waals surface area contributed by atoms with Crippen molar-refractivity contribution in [1.82, 2.24) is 5.32 Å². The summed E-state index contributed by atoms with van der Waals surface area (Å²) in [5.41, 5.74) is 0.878. The summed E-state index contributed by atoms with van der Waals surface area (Å²) in [4.78, 5) is 24.9. The molecule has 0 heterocycles. The van der Waals surface area contributed by atoms with Gasteiger partial charge in [-0.25, -0.2) is 0 Å². The van der Waals surface area contributed by atoms with E-state index in [0.29, 0.717) is 25.8 Å². The van der Waals surface area contributed by atoms with Crippen LogP contribution < -0.4 is 10.2 Å². The molecule has 1 aromatic rings.